The fourth-order valence-corrected chi connectivity index (χ4v) is 4.83. The normalized spacial score (nSPS) is 27.1. The van der Waals surface area contributed by atoms with Crippen molar-refractivity contribution in [1.29, 1.82) is 0 Å². The molecule has 7 nitrogen and oxygen atoms in total. The molecule has 2 atom stereocenters. The van der Waals surface area contributed by atoms with Crippen LogP contribution in [0, 0.1) is 5.92 Å². The number of hydrogen-bond acceptors (Lipinski definition) is 4. The molecule has 1 aromatic heterocycles. The monoisotopic (exact) mass is 399 g/mol. The van der Waals surface area contributed by atoms with Crippen LogP contribution in [0.4, 0.5) is 4.79 Å². The van der Waals surface area contributed by atoms with E-state index in [1.807, 2.05) is 13.0 Å². The highest BCUT2D eigenvalue weighted by atomic mass is 16.3. The molecule has 3 aliphatic rings. The Kier molecular flexibility index (Phi) is 5.48. The third-order valence-corrected chi connectivity index (χ3v) is 6.60. The van der Waals surface area contributed by atoms with E-state index in [0.717, 1.165) is 55.5 Å². The topological polar surface area (TPSA) is 82.9 Å². The maximum absolute atomic E-state index is 13.2. The maximum atomic E-state index is 13.2. The summed E-state index contributed by atoms with van der Waals surface area (Å²) in [5.74, 6) is 0.254. The van der Waals surface area contributed by atoms with Crippen LogP contribution in [-0.2, 0) is 16.1 Å². The van der Waals surface area contributed by atoms with E-state index in [0.29, 0.717) is 18.7 Å². The zero-order valence-electron chi connectivity index (χ0n) is 17.0. The van der Waals surface area contributed by atoms with E-state index in [-0.39, 0.29) is 24.3 Å². The first kappa shape index (κ1) is 19.7. The second-order valence-corrected chi connectivity index (χ2v) is 8.44. The third kappa shape index (κ3) is 3.70. The summed E-state index contributed by atoms with van der Waals surface area (Å²) in [7, 11) is 0. The maximum Gasteiger partial charge on any atom is 0.325 e. The number of allylic oxidation sites excluding steroid dienone is 2. The van der Waals surface area contributed by atoms with Crippen molar-refractivity contribution >= 4 is 17.8 Å². The number of carbonyl (C=O) groups excluding carboxylic acids is 3. The van der Waals surface area contributed by atoms with Crippen molar-refractivity contribution in [3.8, 4) is 0 Å². The molecular formula is C22H29N3O4. The van der Waals surface area contributed by atoms with Gasteiger partial charge in [0.25, 0.3) is 5.91 Å². The Labute approximate surface area is 171 Å². The van der Waals surface area contributed by atoms with Crippen LogP contribution in [0.2, 0.25) is 0 Å². The molecule has 0 bridgehead atoms. The number of amides is 4. The molecule has 1 aromatic rings. The number of hydrogen-bond donors (Lipinski definition) is 1. The van der Waals surface area contributed by atoms with Gasteiger partial charge in [-0.2, -0.15) is 0 Å². The SMILES string of the molecule is C[C@@H]1CCCC[C@@]12NC(=O)N(CC(=O)N(Cc1ccco1)C1=CCCCC1)C2=O. The van der Waals surface area contributed by atoms with E-state index >= 15 is 0 Å². The number of furan rings is 1. The van der Waals surface area contributed by atoms with E-state index in [4.69, 9.17) is 4.42 Å². The molecule has 1 N–H and O–H groups in total. The van der Waals surface area contributed by atoms with E-state index < -0.39 is 11.6 Å². The Morgan fingerprint density at radius 3 is 2.86 bits per heavy atom. The average molecular weight is 399 g/mol. The number of imide groups is 1. The molecular weight excluding hydrogens is 370 g/mol. The minimum atomic E-state index is -0.842. The standard InChI is InChI=1S/C22H29N3O4/c1-16-8-5-6-12-22(16)20(27)25(21(28)23-22)15-19(26)24(14-18-11-7-13-29-18)17-9-3-2-4-10-17/h7,9,11,13,16H,2-6,8,10,12,14-15H2,1H3,(H,23,28)/t16-,22-/m1/s1. The fraction of sp³-hybridized carbons (Fsp3) is 0.591. The summed E-state index contributed by atoms with van der Waals surface area (Å²) in [5, 5.41) is 2.92. The Morgan fingerprint density at radius 2 is 2.17 bits per heavy atom. The van der Waals surface area contributed by atoms with Crippen LogP contribution in [-0.4, -0.2) is 39.7 Å². The Balaban J connectivity index is 1.53. The van der Waals surface area contributed by atoms with Crippen LogP contribution in [0.5, 0.6) is 0 Å². The van der Waals surface area contributed by atoms with Gasteiger partial charge in [-0.05, 0) is 56.6 Å². The summed E-state index contributed by atoms with van der Waals surface area (Å²) in [6.45, 7) is 2.08. The Morgan fingerprint density at radius 1 is 1.31 bits per heavy atom. The zero-order valence-corrected chi connectivity index (χ0v) is 17.0. The van der Waals surface area contributed by atoms with Gasteiger partial charge in [0.05, 0.1) is 12.8 Å². The summed E-state index contributed by atoms with van der Waals surface area (Å²) in [5.41, 5.74) is 0.108. The summed E-state index contributed by atoms with van der Waals surface area (Å²) < 4.78 is 5.44. The van der Waals surface area contributed by atoms with Crippen LogP contribution in [0.1, 0.15) is 64.1 Å². The van der Waals surface area contributed by atoms with Gasteiger partial charge in [-0.25, -0.2) is 4.79 Å². The van der Waals surface area contributed by atoms with Crippen molar-refractivity contribution in [2.24, 2.45) is 5.92 Å². The number of nitrogens with one attached hydrogen (secondary N) is 1. The van der Waals surface area contributed by atoms with E-state index in [9.17, 15) is 14.4 Å². The molecule has 0 aromatic carbocycles. The van der Waals surface area contributed by atoms with Crippen molar-refractivity contribution in [2.45, 2.75) is 70.4 Å². The summed E-state index contributed by atoms with van der Waals surface area (Å²) >= 11 is 0. The van der Waals surface area contributed by atoms with Crippen LogP contribution >= 0.6 is 0 Å². The molecule has 1 saturated carbocycles. The van der Waals surface area contributed by atoms with Gasteiger partial charge in [-0.15, -0.1) is 0 Å². The van der Waals surface area contributed by atoms with Gasteiger partial charge < -0.3 is 14.6 Å². The molecule has 7 heteroatoms. The van der Waals surface area contributed by atoms with Crippen molar-refractivity contribution in [1.82, 2.24) is 15.1 Å². The molecule has 0 unspecified atom stereocenters. The molecule has 0 radical (unpaired) electrons. The fourth-order valence-electron chi connectivity index (χ4n) is 4.83. The second-order valence-electron chi connectivity index (χ2n) is 8.44. The lowest BCUT2D eigenvalue weighted by Crippen LogP contribution is -2.54. The largest absolute Gasteiger partial charge is 0.467 e. The van der Waals surface area contributed by atoms with Gasteiger partial charge in [0.2, 0.25) is 5.91 Å². The molecule has 2 heterocycles. The number of rotatable bonds is 5. The number of urea groups is 1. The first-order chi connectivity index (χ1) is 14.0. The molecule has 4 amide bonds. The van der Waals surface area contributed by atoms with Crippen LogP contribution in [0.15, 0.2) is 34.6 Å². The lowest BCUT2D eigenvalue weighted by molar-refractivity contribution is -0.140. The molecule has 1 saturated heterocycles. The lowest BCUT2D eigenvalue weighted by atomic mass is 9.73. The Bertz CT molecular complexity index is 816. The minimum Gasteiger partial charge on any atom is -0.467 e. The van der Waals surface area contributed by atoms with E-state index in [1.54, 1.807) is 17.2 Å². The lowest BCUT2D eigenvalue weighted by Gasteiger charge is -2.37. The van der Waals surface area contributed by atoms with Crippen molar-refractivity contribution in [3.05, 3.63) is 35.9 Å². The minimum absolute atomic E-state index is 0.0769. The first-order valence-corrected chi connectivity index (χ1v) is 10.7. The van der Waals surface area contributed by atoms with E-state index in [1.165, 1.54) is 0 Å². The predicted octanol–water partition coefficient (Wildman–Crippen LogP) is 3.57. The summed E-state index contributed by atoms with van der Waals surface area (Å²) in [4.78, 5) is 41.9. The van der Waals surface area contributed by atoms with Gasteiger partial charge in [-0.1, -0.05) is 25.8 Å². The highest BCUT2D eigenvalue weighted by molar-refractivity contribution is 6.09. The molecule has 156 valence electrons. The van der Waals surface area contributed by atoms with Crippen LogP contribution in [0.25, 0.3) is 0 Å². The molecule has 4 rings (SSSR count). The highest BCUT2D eigenvalue weighted by Crippen LogP contribution is 2.38. The predicted molar refractivity (Wildman–Crippen MR) is 106 cm³/mol. The summed E-state index contributed by atoms with van der Waals surface area (Å²) in [6.07, 6.45) is 11.1. The van der Waals surface area contributed by atoms with E-state index in [2.05, 4.69) is 11.4 Å². The average Bonchev–Trinajstić information content (AvgIpc) is 3.32. The van der Waals surface area contributed by atoms with Gasteiger partial charge in [-0.3, -0.25) is 14.5 Å². The van der Waals surface area contributed by atoms with Gasteiger partial charge in [0.1, 0.15) is 17.8 Å². The van der Waals surface area contributed by atoms with Crippen molar-refractivity contribution in [2.75, 3.05) is 6.54 Å². The number of carbonyl (C=O) groups is 3. The third-order valence-electron chi connectivity index (χ3n) is 6.60. The van der Waals surface area contributed by atoms with Gasteiger partial charge in [0.15, 0.2) is 0 Å². The van der Waals surface area contributed by atoms with Gasteiger partial charge >= 0.3 is 6.03 Å². The Hall–Kier alpha value is -2.57. The molecule has 2 aliphatic carbocycles. The molecule has 1 spiro atoms. The summed E-state index contributed by atoms with van der Waals surface area (Å²) in [6, 6.07) is 3.17. The van der Waals surface area contributed by atoms with Crippen LogP contribution < -0.4 is 5.32 Å². The van der Waals surface area contributed by atoms with Crippen LogP contribution in [0.3, 0.4) is 0 Å². The molecule has 2 fully saturated rings. The second kappa shape index (κ2) is 8.05. The smallest absolute Gasteiger partial charge is 0.325 e. The van der Waals surface area contributed by atoms with Crippen molar-refractivity contribution < 1.29 is 18.8 Å². The molecule has 1 aliphatic heterocycles. The highest BCUT2D eigenvalue weighted by Gasteiger charge is 2.55. The zero-order chi connectivity index (χ0) is 20.4. The van der Waals surface area contributed by atoms with Gasteiger partial charge in [0, 0.05) is 5.70 Å². The first-order valence-electron chi connectivity index (χ1n) is 10.7. The quantitative estimate of drug-likeness (QED) is 0.768. The molecule has 29 heavy (non-hydrogen) atoms. The number of nitrogens with zero attached hydrogens (tertiary/aromatic N) is 2. The van der Waals surface area contributed by atoms with Crippen molar-refractivity contribution in [3.63, 3.8) is 0 Å².